The summed E-state index contributed by atoms with van der Waals surface area (Å²) in [4.78, 5) is 12.2. The largest absolute Gasteiger partial charge is 0.478 e. The van der Waals surface area contributed by atoms with Gasteiger partial charge in [0.15, 0.2) is 0 Å². The van der Waals surface area contributed by atoms with Crippen molar-refractivity contribution in [2.24, 2.45) is 0 Å². The quantitative estimate of drug-likeness (QED) is 0.609. The highest BCUT2D eigenvalue weighted by atomic mass is 19.1. The molecule has 0 radical (unpaired) electrons. The molecule has 0 heterocycles. The van der Waals surface area contributed by atoms with Crippen LogP contribution in [0.2, 0.25) is 0 Å². The highest BCUT2D eigenvalue weighted by Gasteiger charge is 2.07. The van der Waals surface area contributed by atoms with Crippen LogP contribution in [0.15, 0.2) is 24.3 Å². The van der Waals surface area contributed by atoms with Crippen LogP contribution in [0.25, 0.3) is 6.08 Å². The number of halogens is 1. The number of aliphatic carboxylic acids is 1. The highest BCUT2D eigenvalue weighted by molar-refractivity contribution is 5.85. The zero-order valence-electron chi connectivity index (χ0n) is 11.1. The van der Waals surface area contributed by atoms with Crippen LogP contribution in [-0.2, 0) is 9.53 Å². The van der Waals surface area contributed by atoms with Crippen molar-refractivity contribution in [2.45, 2.75) is 6.42 Å². The average molecular weight is 267 g/mol. The number of nitrogens with zero attached hydrogens (tertiary/aromatic N) is 1. The Morgan fingerprint density at radius 1 is 1.53 bits per heavy atom. The maximum Gasteiger partial charge on any atom is 0.328 e. The summed E-state index contributed by atoms with van der Waals surface area (Å²) >= 11 is 0. The molecule has 104 valence electrons. The Hall–Kier alpha value is -1.88. The van der Waals surface area contributed by atoms with Crippen molar-refractivity contribution in [3.63, 3.8) is 0 Å². The maximum absolute atomic E-state index is 13.9. The van der Waals surface area contributed by atoms with Crippen LogP contribution in [0.5, 0.6) is 0 Å². The van der Waals surface area contributed by atoms with E-state index in [1.165, 1.54) is 12.1 Å². The Kier molecular flexibility index (Phi) is 6.02. The molecule has 0 bridgehead atoms. The van der Waals surface area contributed by atoms with Crippen LogP contribution in [0, 0.1) is 5.82 Å². The number of benzene rings is 1. The first kappa shape index (κ1) is 15.2. The Balaban J connectivity index is 2.73. The molecule has 0 aliphatic carbocycles. The van der Waals surface area contributed by atoms with Gasteiger partial charge >= 0.3 is 5.97 Å². The minimum atomic E-state index is -1.05. The minimum Gasteiger partial charge on any atom is -0.478 e. The fourth-order valence-electron chi connectivity index (χ4n) is 1.67. The molecule has 1 aromatic rings. The second-order valence-corrected chi connectivity index (χ2v) is 4.15. The Morgan fingerprint density at radius 3 is 2.84 bits per heavy atom. The Morgan fingerprint density at radius 2 is 2.26 bits per heavy atom. The first-order valence-corrected chi connectivity index (χ1v) is 5.95. The molecule has 0 amide bonds. The number of carboxylic acid groups (broad SMARTS) is 1. The van der Waals surface area contributed by atoms with Gasteiger partial charge in [-0.05, 0) is 30.2 Å². The van der Waals surface area contributed by atoms with Crippen LogP contribution in [-0.4, -0.2) is 38.4 Å². The van der Waals surface area contributed by atoms with Crippen molar-refractivity contribution in [1.82, 2.24) is 0 Å². The van der Waals surface area contributed by atoms with E-state index in [4.69, 9.17) is 9.84 Å². The van der Waals surface area contributed by atoms with Crippen LogP contribution in [0.3, 0.4) is 0 Å². The number of ether oxygens (including phenoxy) is 1. The van der Waals surface area contributed by atoms with E-state index in [0.717, 1.165) is 12.5 Å². The molecule has 0 saturated heterocycles. The molecule has 0 aliphatic rings. The molecule has 1 rings (SSSR count). The zero-order valence-corrected chi connectivity index (χ0v) is 11.1. The summed E-state index contributed by atoms with van der Waals surface area (Å²) in [5.74, 6) is -1.42. The van der Waals surface area contributed by atoms with E-state index >= 15 is 0 Å². The summed E-state index contributed by atoms with van der Waals surface area (Å²) in [5, 5.41) is 8.51. The summed E-state index contributed by atoms with van der Waals surface area (Å²) < 4.78 is 18.8. The van der Waals surface area contributed by atoms with Gasteiger partial charge < -0.3 is 14.7 Å². The van der Waals surface area contributed by atoms with Gasteiger partial charge in [-0.2, -0.15) is 0 Å². The molecular formula is C14H18FNO3. The van der Waals surface area contributed by atoms with Gasteiger partial charge in [-0.15, -0.1) is 0 Å². The van der Waals surface area contributed by atoms with Crippen molar-refractivity contribution in [3.8, 4) is 0 Å². The summed E-state index contributed by atoms with van der Waals surface area (Å²) in [6.07, 6.45) is 3.16. The molecule has 0 spiro atoms. The lowest BCUT2D eigenvalue weighted by Crippen LogP contribution is -2.20. The summed E-state index contributed by atoms with van der Waals surface area (Å²) in [7, 11) is 3.44. The van der Waals surface area contributed by atoms with Gasteiger partial charge in [-0.1, -0.05) is 6.07 Å². The van der Waals surface area contributed by atoms with Gasteiger partial charge in [0.1, 0.15) is 5.82 Å². The predicted molar refractivity (Wildman–Crippen MR) is 72.8 cm³/mol. The second kappa shape index (κ2) is 7.53. The van der Waals surface area contributed by atoms with Gasteiger partial charge in [0.25, 0.3) is 0 Å². The number of anilines is 1. The van der Waals surface area contributed by atoms with Crippen LogP contribution in [0.1, 0.15) is 12.0 Å². The zero-order chi connectivity index (χ0) is 14.3. The number of hydrogen-bond acceptors (Lipinski definition) is 3. The third kappa shape index (κ3) is 5.09. The number of rotatable bonds is 7. The van der Waals surface area contributed by atoms with Gasteiger partial charge in [-0.25, -0.2) is 9.18 Å². The van der Waals surface area contributed by atoms with Gasteiger partial charge in [0, 0.05) is 33.4 Å². The second-order valence-electron chi connectivity index (χ2n) is 4.15. The highest BCUT2D eigenvalue weighted by Crippen LogP contribution is 2.20. The molecule has 0 aliphatic heterocycles. The van der Waals surface area contributed by atoms with E-state index in [1.807, 2.05) is 0 Å². The first-order valence-electron chi connectivity index (χ1n) is 5.95. The van der Waals surface area contributed by atoms with Gasteiger partial charge in [0.05, 0.1) is 5.69 Å². The van der Waals surface area contributed by atoms with Crippen molar-refractivity contribution in [1.29, 1.82) is 0 Å². The number of hydrogen-bond donors (Lipinski definition) is 1. The molecular weight excluding hydrogens is 249 g/mol. The molecule has 19 heavy (non-hydrogen) atoms. The number of carbonyl (C=O) groups is 1. The normalized spacial score (nSPS) is 10.9. The van der Waals surface area contributed by atoms with Crippen molar-refractivity contribution >= 4 is 17.7 Å². The van der Waals surface area contributed by atoms with E-state index in [9.17, 15) is 9.18 Å². The lowest BCUT2D eigenvalue weighted by Gasteiger charge is -2.19. The Bertz CT molecular complexity index is 460. The van der Waals surface area contributed by atoms with Crippen LogP contribution in [0.4, 0.5) is 10.1 Å². The third-order valence-corrected chi connectivity index (χ3v) is 2.64. The van der Waals surface area contributed by atoms with Crippen molar-refractivity contribution in [3.05, 3.63) is 35.7 Å². The van der Waals surface area contributed by atoms with E-state index in [-0.39, 0.29) is 5.82 Å². The van der Waals surface area contributed by atoms with Crippen molar-refractivity contribution in [2.75, 3.05) is 32.2 Å². The molecule has 4 nitrogen and oxygen atoms in total. The molecule has 1 aromatic carbocycles. The van der Waals surface area contributed by atoms with Crippen molar-refractivity contribution < 1.29 is 19.0 Å². The Labute approximate surface area is 112 Å². The maximum atomic E-state index is 13.9. The lowest BCUT2D eigenvalue weighted by atomic mass is 10.1. The monoisotopic (exact) mass is 267 g/mol. The standard InChI is InChI=1S/C14H18FNO3/c1-16(8-3-9-19-2)13-6-4-11(10-12(13)15)5-7-14(17)18/h4-7,10H,3,8-9H2,1-2H3,(H,17,18). The smallest absolute Gasteiger partial charge is 0.328 e. The molecule has 0 atom stereocenters. The van der Waals surface area contributed by atoms with E-state index in [1.54, 1.807) is 31.2 Å². The minimum absolute atomic E-state index is 0.368. The fourth-order valence-corrected chi connectivity index (χ4v) is 1.67. The topological polar surface area (TPSA) is 49.8 Å². The molecule has 0 saturated carbocycles. The molecule has 5 heteroatoms. The fraction of sp³-hybridized carbons (Fsp3) is 0.357. The van der Waals surface area contributed by atoms with Gasteiger partial charge in [0.2, 0.25) is 0 Å². The summed E-state index contributed by atoms with van der Waals surface area (Å²) in [5.41, 5.74) is 1.01. The molecule has 0 unspecified atom stereocenters. The van der Waals surface area contributed by atoms with E-state index in [2.05, 4.69) is 0 Å². The first-order chi connectivity index (χ1) is 9.04. The molecule has 0 aromatic heterocycles. The third-order valence-electron chi connectivity index (χ3n) is 2.64. The SMILES string of the molecule is COCCCN(C)c1ccc(C=CC(=O)O)cc1F. The van der Waals surface area contributed by atoms with Crippen LogP contribution < -0.4 is 4.90 Å². The lowest BCUT2D eigenvalue weighted by molar-refractivity contribution is -0.131. The summed E-state index contributed by atoms with van der Waals surface area (Å²) in [6.45, 7) is 1.32. The van der Waals surface area contributed by atoms with E-state index in [0.29, 0.717) is 24.4 Å². The van der Waals surface area contributed by atoms with E-state index < -0.39 is 5.97 Å². The summed E-state index contributed by atoms with van der Waals surface area (Å²) in [6, 6.07) is 4.65. The molecule has 0 fully saturated rings. The molecule has 1 N–H and O–H groups in total. The van der Waals surface area contributed by atoms with Gasteiger partial charge in [-0.3, -0.25) is 0 Å². The number of carboxylic acids is 1. The number of methoxy groups -OCH3 is 1. The van der Waals surface area contributed by atoms with Crippen LogP contribution >= 0.6 is 0 Å². The predicted octanol–water partition coefficient (Wildman–Crippen LogP) is 2.40. The average Bonchev–Trinajstić information content (AvgIpc) is 2.36.